The molecule has 1 aromatic carbocycles. The zero-order valence-corrected chi connectivity index (χ0v) is 12.4. The monoisotopic (exact) mass is 290 g/mol. The van der Waals surface area contributed by atoms with Crippen LogP contribution in [0, 0.1) is 6.58 Å². The standard InChI is InChI=1S/C13H15NO.Y/c1-3-5-10-15-13-8-6-12(7-9-13)11-14-4-2;/h2,4,6-9H,3,5,10H2,1H3;/q-2;. The number of hydrogen-bond donors (Lipinski definition) is 0. The van der Waals surface area contributed by atoms with Crippen molar-refractivity contribution in [3.05, 3.63) is 42.6 Å². The van der Waals surface area contributed by atoms with Gasteiger partial charge in [0.1, 0.15) is 5.75 Å². The topological polar surface area (TPSA) is 21.6 Å². The molecule has 0 heterocycles. The summed E-state index contributed by atoms with van der Waals surface area (Å²) in [7, 11) is 0. The van der Waals surface area contributed by atoms with Crippen molar-refractivity contribution in [3.63, 3.8) is 0 Å². The molecular weight excluding hydrogens is 275 g/mol. The molecule has 0 aromatic heterocycles. The summed E-state index contributed by atoms with van der Waals surface area (Å²) in [6, 6.07) is 7.61. The minimum Gasteiger partial charge on any atom is -0.548 e. The summed E-state index contributed by atoms with van der Waals surface area (Å²) in [4.78, 5) is 3.71. The molecule has 0 bridgehead atoms. The van der Waals surface area contributed by atoms with Crippen LogP contribution in [0.25, 0.3) is 0 Å². The van der Waals surface area contributed by atoms with Crippen LogP contribution in [0.3, 0.4) is 0 Å². The average Bonchev–Trinajstić information content (AvgIpc) is 2.28. The van der Waals surface area contributed by atoms with Gasteiger partial charge in [-0.3, -0.25) is 0 Å². The van der Waals surface area contributed by atoms with Crippen LogP contribution in [0.1, 0.15) is 25.3 Å². The van der Waals surface area contributed by atoms with E-state index in [1.807, 2.05) is 24.3 Å². The first-order valence-electron chi connectivity index (χ1n) is 5.09. The zero-order valence-electron chi connectivity index (χ0n) is 9.52. The number of ether oxygens (including phenoxy) is 1. The van der Waals surface area contributed by atoms with Crippen molar-refractivity contribution in [1.29, 1.82) is 0 Å². The van der Waals surface area contributed by atoms with E-state index in [0.717, 1.165) is 30.8 Å². The molecule has 0 atom stereocenters. The molecule has 3 heteroatoms. The van der Waals surface area contributed by atoms with Crippen molar-refractivity contribution in [3.8, 4) is 5.75 Å². The van der Waals surface area contributed by atoms with E-state index in [2.05, 4.69) is 18.1 Å². The Balaban J connectivity index is 0.00000225. The van der Waals surface area contributed by atoms with E-state index in [-0.39, 0.29) is 32.7 Å². The number of rotatable bonds is 6. The molecule has 1 aromatic rings. The molecule has 1 rings (SSSR count). The fourth-order valence-corrected chi connectivity index (χ4v) is 1.07. The van der Waals surface area contributed by atoms with Gasteiger partial charge in [0.05, 0.1) is 6.61 Å². The second-order valence-electron chi connectivity index (χ2n) is 3.12. The summed E-state index contributed by atoms with van der Waals surface area (Å²) >= 11 is 0. The van der Waals surface area contributed by atoms with Crippen LogP contribution in [0.5, 0.6) is 5.75 Å². The Hall–Kier alpha value is -0.466. The van der Waals surface area contributed by atoms with Crippen LogP contribution in [-0.2, 0) is 32.7 Å². The normalized spacial score (nSPS) is 9.81. The van der Waals surface area contributed by atoms with Crippen LogP contribution in [0.2, 0.25) is 0 Å². The molecule has 0 N–H and O–H groups in total. The second kappa shape index (κ2) is 9.74. The van der Waals surface area contributed by atoms with Crippen molar-refractivity contribution in [1.82, 2.24) is 0 Å². The molecular formula is C13H15NOY-2. The van der Waals surface area contributed by atoms with E-state index >= 15 is 0 Å². The fourth-order valence-electron chi connectivity index (χ4n) is 1.07. The summed E-state index contributed by atoms with van der Waals surface area (Å²) in [6.45, 7) is 8.02. The first-order valence-corrected chi connectivity index (χ1v) is 5.09. The smallest absolute Gasteiger partial charge is 0.101 e. The largest absolute Gasteiger partial charge is 0.548 e. The molecule has 0 aliphatic carbocycles. The number of nitrogens with zero attached hydrogens (tertiary/aromatic N) is 1. The van der Waals surface area contributed by atoms with Crippen molar-refractivity contribution < 1.29 is 37.4 Å². The van der Waals surface area contributed by atoms with Crippen molar-refractivity contribution in [2.24, 2.45) is 4.99 Å². The Kier molecular flexibility index (Phi) is 9.45. The van der Waals surface area contributed by atoms with Crippen LogP contribution in [0.4, 0.5) is 0 Å². The Morgan fingerprint density at radius 1 is 1.38 bits per heavy atom. The predicted octanol–water partition coefficient (Wildman–Crippen LogP) is 3.11. The van der Waals surface area contributed by atoms with E-state index < -0.39 is 0 Å². The minimum absolute atomic E-state index is 0. The van der Waals surface area contributed by atoms with Gasteiger partial charge in [0.2, 0.25) is 0 Å². The molecule has 16 heavy (non-hydrogen) atoms. The van der Waals surface area contributed by atoms with E-state index in [1.165, 1.54) is 6.20 Å². The third-order valence-electron chi connectivity index (χ3n) is 1.89. The maximum atomic E-state index is 5.51. The van der Waals surface area contributed by atoms with Gasteiger partial charge in [0.15, 0.2) is 0 Å². The summed E-state index contributed by atoms with van der Waals surface area (Å²) in [5.74, 6) is 0.880. The Labute approximate surface area is 123 Å². The molecule has 0 aliphatic rings. The number of aliphatic imine (C=N–C) groups is 1. The van der Waals surface area contributed by atoms with E-state index in [0.29, 0.717) is 0 Å². The average molecular weight is 290 g/mol. The molecule has 0 saturated heterocycles. The van der Waals surface area contributed by atoms with Crippen LogP contribution < -0.4 is 4.74 Å². The maximum Gasteiger partial charge on any atom is 0.101 e. The number of unbranched alkanes of at least 4 members (excludes halogenated alkanes) is 1. The molecule has 0 aliphatic heterocycles. The number of benzene rings is 1. The number of hydrogen-bond acceptors (Lipinski definition) is 2. The molecule has 83 valence electrons. The third kappa shape index (κ3) is 6.19. The molecule has 2 nitrogen and oxygen atoms in total. The molecule has 0 spiro atoms. The molecule has 1 radical (unpaired) electrons. The van der Waals surface area contributed by atoms with Gasteiger partial charge in [0, 0.05) is 32.7 Å². The first kappa shape index (κ1) is 15.5. The zero-order chi connectivity index (χ0) is 10.9. The van der Waals surface area contributed by atoms with Crippen molar-refractivity contribution in [2.75, 3.05) is 6.61 Å². The van der Waals surface area contributed by atoms with E-state index in [9.17, 15) is 0 Å². The quantitative estimate of drug-likeness (QED) is 0.448. The van der Waals surface area contributed by atoms with Gasteiger partial charge in [0.25, 0.3) is 0 Å². The van der Waals surface area contributed by atoms with Gasteiger partial charge in [-0.15, -0.1) is 17.7 Å². The Bertz CT molecular complexity index is 319. The Morgan fingerprint density at radius 2 is 2.06 bits per heavy atom. The van der Waals surface area contributed by atoms with Gasteiger partial charge in [-0.25, -0.2) is 6.20 Å². The summed E-state index contributed by atoms with van der Waals surface area (Å²) in [6.07, 6.45) is 6.22. The molecule has 0 amide bonds. The SMILES string of the molecule is [CH-]=CN=[C-]c1ccc(OCCCC)cc1.[Y]. The summed E-state index contributed by atoms with van der Waals surface area (Å²) in [5, 5.41) is 0. The molecule has 0 fully saturated rings. The van der Waals surface area contributed by atoms with Crippen LogP contribution >= 0.6 is 0 Å². The Morgan fingerprint density at radius 3 is 2.62 bits per heavy atom. The van der Waals surface area contributed by atoms with Gasteiger partial charge in [-0.05, 0) is 12.6 Å². The van der Waals surface area contributed by atoms with E-state index in [4.69, 9.17) is 11.3 Å². The summed E-state index contributed by atoms with van der Waals surface area (Å²) in [5.41, 5.74) is 0.888. The first-order chi connectivity index (χ1) is 7.36. The molecule has 0 saturated carbocycles. The van der Waals surface area contributed by atoms with Crippen molar-refractivity contribution in [2.45, 2.75) is 19.8 Å². The van der Waals surface area contributed by atoms with Gasteiger partial charge in [-0.1, -0.05) is 25.5 Å². The van der Waals surface area contributed by atoms with Gasteiger partial charge < -0.3 is 16.3 Å². The van der Waals surface area contributed by atoms with Crippen LogP contribution in [0.15, 0.2) is 35.5 Å². The van der Waals surface area contributed by atoms with E-state index in [1.54, 1.807) is 0 Å². The van der Waals surface area contributed by atoms with Crippen molar-refractivity contribution >= 4 is 6.21 Å². The fraction of sp³-hybridized carbons (Fsp3) is 0.308. The third-order valence-corrected chi connectivity index (χ3v) is 1.89. The molecule has 0 unspecified atom stereocenters. The second-order valence-corrected chi connectivity index (χ2v) is 3.12. The minimum atomic E-state index is 0. The van der Waals surface area contributed by atoms with Crippen LogP contribution in [-0.4, -0.2) is 12.8 Å². The maximum absolute atomic E-state index is 5.51. The van der Waals surface area contributed by atoms with Gasteiger partial charge in [-0.2, -0.15) is 0 Å². The summed E-state index contributed by atoms with van der Waals surface area (Å²) < 4.78 is 5.51. The van der Waals surface area contributed by atoms with Gasteiger partial charge >= 0.3 is 0 Å². The predicted molar refractivity (Wildman–Crippen MR) is 62.3 cm³/mol.